The first-order valence-electron chi connectivity index (χ1n) is 12.0. The van der Waals surface area contributed by atoms with E-state index in [1.54, 1.807) is 43.4 Å². The molecule has 1 heterocycles. The first kappa shape index (κ1) is 27.9. The Morgan fingerprint density at radius 1 is 0.974 bits per heavy atom. The minimum Gasteiger partial charge on any atom is -0.487 e. The molecule has 4 aromatic rings. The van der Waals surface area contributed by atoms with Gasteiger partial charge in [0.05, 0.1) is 17.3 Å². The number of nitrogens with zero attached hydrogens (tertiary/aromatic N) is 2. The van der Waals surface area contributed by atoms with Crippen molar-refractivity contribution in [2.75, 3.05) is 23.8 Å². The number of Topliss-reactive ketones (excluding diaryl/α,β-unsaturated/α-hetero) is 1. The van der Waals surface area contributed by atoms with Crippen LogP contribution in [0.4, 0.5) is 16.2 Å². The van der Waals surface area contributed by atoms with Crippen molar-refractivity contribution >= 4 is 63.2 Å². The van der Waals surface area contributed by atoms with Crippen LogP contribution >= 0.6 is 23.2 Å². The van der Waals surface area contributed by atoms with Crippen LogP contribution in [0, 0.1) is 6.92 Å². The Balaban J connectivity index is 1.41. The fourth-order valence-electron chi connectivity index (χ4n) is 3.83. The first-order chi connectivity index (χ1) is 18.6. The number of hydrogen-bond donors (Lipinski definition) is 2. The second-order valence-corrected chi connectivity index (χ2v) is 9.61. The molecule has 0 saturated heterocycles. The predicted octanol–water partition coefficient (Wildman–Crippen LogP) is 6.42. The zero-order chi connectivity index (χ0) is 28.1. The van der Waals surface area contributed by atoms with Crippen LogP contribution in [0.5, 0.6) is 5.75 Å². The maximum atomic E-state index is 12.8. The van der Waals surface area contributed by atoms with Crippen molar-refractivity contribution in [3.63, 3.8) is 0 Å². The number of ketones is 1. The van der Waals surface area contributed by atoms with Gasteiger partial charge in [0.25, 0.3) is 0 Å². The van der Waals surface area contributed by atoms with Gasteiger partial charge in [-0.25, -0.2) is 9.78 Å². The number of rotatable bonds is 8. The summed E-state index contributed by atoms with van der Waals surface area (Å²) in [6.45, 7) is 3.15. The van der Waals surface area contributed by atoms with Crippen molar-refractivity contribution in [2.24, 2.45) is 0 Å². The Morgan fingerprint density at radius 2 is 1.72 bits per heavy atom. The molecule has 3 aromatic carbocycles. The Kier molecular flexibility index (Phi) is 8.69. The van der Waals surface area contributed by atoms with E-state index in [0.717, 1.165) is 16.6 Å². The molecule has 0 aliphatic rings. The number of likely N-dealkylation sites (N-methyl/N-ethyl adjacent to an activating group) is 1. The van der Waals surface area contributed by atoms with Crippen molar-refractivity contribution in [3.8, 4) is 5.75 Å². The van der Waals surface area contributed by atoms with E-state index in [1.165, 1.54) is 11.8 Å². The van der Waals surface area contributed by atoms with Gasteiger partial charge in [0.15, 0.2) is 5.78 Å². The minimum atomic E-state index is -0.567. The van der Waals surface area contributed by atoms with Crippen molar-refractivity contribution in [3.05, 3.63) is 93.6 Å². The Bertz CT molecular complexity index is 1560. The van der Waals surface area contributed by atoms with Gasteiger partial charge >= 0.3 is 6.03 Å². The SMILES string of the molecule is CC(=O)c1ccc(NC(=O)NCC(=O)N(C)c2ccc(Cl)c(COc3cccc4ccc(C)nc34)c2Cl)cc1. The molecule has 0 bridgehead atoms. The summed E-state index contributed by atoms with van der Waals surface area (Å²) in [7, 11) is 1.56. The van der Waals surface area contributed by atoms with E-state index in [2.05, 4.69) is 15.6 Å². The average Bonchev–Trinajstić information content (AvgIpc) is 2.91. The summed E-state index contributed by atoms with van der Waals surface area (Å²) < 4.78 is 6.05. The maximum absolute atomic E-state index is 12.8. The molecule has 10 heteroatoms. The largest absolute Gasteiger partial charge is 0.487 e. The van der Waals surface area contributed by atoms with Gasteiger partial charge in [-0.1, -0.05) is 41.4 Å². The lowest BCUT2D eigenvalue weighted by Crippen LogP contribution is -2.40. The number of para-hydroxylation sites is 1. The number of anilines is 2. The number of hydrogen-bond acceptors (Lipinski definition) is 5. The second kappa shape index (κ2) is 12.1. The maximum Gasteiger partial charge on any atom is 0.319 e. The van der Waals surface area contributed by atoms with Gasteiger partial charge in [-0.05, 0) is 62.4 Å². The van der Waals surface area contributed by atoms with Crippen molar-refractivity contribution in [2.45, 2.75) is 20.5 Å². The van der Waals surface area contributed by atoms with Gasteiger partial charge in [-0.2, -0.15) is 0 Å². The molecule has 200 valence electrons. The molecule has 0 aliphatic carbocycles. The molecule has 1 aromatic heterocycles. The highest BCUT2D eigenvalue weighted by atomic mass is 35.5. The number of pyridine rings is 1. The average molecular weight is 565 g/mol. The molecule has 39 heavy (non-hydrogen) atoms. The predicted molar refractivity (Wildman–Crippen MR) is 154 cm³/mol. The number of amides is 3. The number of carbonyl (C=O) groups excluding carboxylic acids is 3. The van der Waals surface area contributed by atoms with E-state index in [4.69, 9.17) is 27.9 Å². The van der Waals surface area contributed by atoms with Gasteiger partial charge in [0.2, 0.25) is 5.91 Å². The number of carbonyl (C=O) groups is 3. The minimum absolute atomic E-state index is 0.0609. The van der Waals surface area contributed by atoms with Gasteiger partial charge in [0, 0.05) is 40.0 Å². The fraction of sp³-hybridized carbons (Fsp3) is 0.172. The molecule has 0 aliphatic heterocycles. The number of benzene rings is 3. The summed E-state index contributed by atoms with van der Waals surface area (Å²) >= 11 is 13.1. The molecular weight excluding hydrogens is 539 g/mol. The molecule has 0 saturated carbocycles. The number of fused-ring (bicyclic) bond motifs is 1. The van der Waals surface area contributed by atoms with E-state index in [0.29, 0.717) is 33.3 Å². The van der Waals surface area contributed by atoms with E-state index in [9.17, 15) is 14.4 Å². The fourth-order valence-corrected chi connectivity index (χ4v) is 4.44. The topological polar surface area (TPSA) is 101 Å². The van der Waals surface area contributed by atoms with E-state index >= 15 is 0 Å². The molecule has 4 rings (SSSR count). The third kappa shape index (κ3) is 6.66. The quantitative estimate of drug-likeness (QED) is 0.240. The lowest BCUT2D eigenvalue weighted by atomic mass is 10.1. The number of aryl methyl sites for hydroxylation is 1. The Morgan fingerprint density at radius 3 is 2.44 bits per heavy atom. The summed E-state index contributed by atoms with van der Waals surface area (Å²) in [5, 5.41) is 6.74. The number of halogens is 2. The van der Waals surface area contributed by atoms with Crippen LogP contribution in [0.15, 0.2) is 66.7 Å². The Hall–Kier alpha value is -4.14. The van der Waals surface area contributed by atoms with Gasteiger partial charge in [-0.15, -0.1) is 0 Å². The number of urea groups is 1. The zero-order valence-electron chi connectivity index (χ0n) is 21.5. The lowest BCUT2D eigenvalue weighted by molar-refractivity contribution is -0.117. The van der Waals surface area contributed by atoms with E-state index in [1.807, 2.05) is 37.3 Å². The monoisotopic (exact) mass is 564 g/mol. The third-order valence-corrected chi connectivity index (χ3v) is 6.82. The van der Waals surface area contributed by atoms with Gasteiger partial charge in [-0.3, -0.25) is 9.59 Å². The summed E-state index contributed by atoms with van der Waals surface area (Å²) in [5.74, 6) is 0.113. The Labute approximate surface area is 235 Å². The molecule has 0 atom stereocenters. The summed E-state index contributed by atoms with van der Waals surface area (Å²) in [4.78, 5) is 42.4. The van der Waals surface area contributed by atoms with Gasteiger partial charge in [0.1, 0.15) is 17.9 Å². The van der Waals surface area contributed by atoms with Crippen LogP contribution < -0.4 is 20.3 Å². The van der Waals surface area contributed by atoms with Crippen LogP contribution in [-0.4, -0.2) is 36.3 Å². The number of ether oxygens (including phenoxy) is 1. The summed E-state index contributed by atoms with van der Waals surface area (Å²) in [5.41, 5.74) is 3.54. The molecule has 3 amide bonds. The van der Waals surface area contributed by atoms with Crippen molar-refractivity contribution in [1.29, 1.82) is 0 Å². The highest BCUT2D eigenvalue weighted by molar-refractivity contribution is 6.38. The smallest absolute Gasteiger partial charge is 0.319 e. The summed E-state index contributed by atoms with van der Waals surface area (Å²) in [6.07, 6.45) is 0. The molecular formula is C29H26Cl2N4O4. The molecule has 8 nitrogen and oxygen atoms in total. The highest BCUT2D eigenvalue weighted by Crippen LogP contribution is 2.35. The van der Waals surface area contributed by atoms with Crippen LogP contribution in [0.2, 0.25) is 10.0 Å². The van der Waals surface area contributed by atoms with Crippen molar-refractivity contribution in [1.82, 2.24) is 10.3 Å². The lowest BCUT2D eigenvalue weighted by Gasteiger charge is -2.21. The molecule has 0 fully saturated rings. The van der Waals surface area contributed by atoms with Gasteiger partial charge < -0.3 is 20.3 Å². The van der Waals surface area contributed by atoms with E-state index in [-0.39, 0.29) is 24.0 Å². The molecule has 2 N–H and O–H groups in total. The van der Waals surface area contributed by atoms with Crippen LogP contribution in [0.3, 0.4) is 0 Å². The van der Waals surface area contributed by atoms with Crippen LogP contribution in [-0.2, 0) is 11.4 Å². The number of aromatic nitrogens is 1. The van der Waals surface area contributed by atoms with Crippen LogP contribution in [0.1, 0.15) is 28.5 Å². The molecule has 0 radical (unpaired) electrons. The molecule has 0 unspecified atom stereocenters. The van der Waals surface area contributed by atoms with Crippen molar-refractivity contribution < 1.29 is 19.1 Å². The number of nitrogens with one attached hydrogen (secondary N) is 2. The standard InChI is InChI=1S/C29H26Cl2N4O4/c1-17-7-8-20-5-4-6-25(28(20)33-17)39-16-22-23(30)13-14-24(27(22)31)35(3)26(37)15-32-29(38)34-21-11-9-19(10-12-21)18(2)36/h4-14H,15-16H2,1-3H3,(H2,32,34,38). The first-order valence-corrected chi connectivity index (χ1v) is 12.8. The molecule has 0 spiro atoms. The van der Waals surface area contributed by atoms with E-state index < -0.39 is 11.9 Å². The van der Waals surface area contributed by atoms with Crippen LogP contribution in [0.25, 0.3) is 10.9 Å². The zero-order valence-corrected chi connectivity index (χ0v) is 23.1. The highest BCUT2D eigenvalue weighted by Gasteiger charge is 2.19. The second-order valence-electron chi connectivity index (χ2n) is 8.82. The summed E-state index contributed by atoms with van der Waals surface area (Å²) in [6, 6.07) is 18.7. The third-order valence-electron chi connectivity index (χ3n) is 6.05. The normalized spacial score (nSPS) is 10.7.